The second kappa shape index (κ2) is 9.16. The topological polar surface area (TPSA) is 71.3 Å². The van der Waals surface area contributed by atoms with Crippen LogP contribution in [0.3, 0.4) is 0 Å². The molecule has 1 N–H and O–H groups in total. The van der Waals surface area contributed by atoms with Gasteiger partial charge >= 0.3 is 0 Å². The number of rotatable bonds is 9. The van der Waals surface area contributed by atoms with Crippen molar-refractivity contribution >= 4 is 11.6 Å². The molecular weight excluding hydrogens is 292 g/mol. The number of nitrogens with zero attached hydrogens (tertiary/aromatic N) is 1. The minimum absolute atomic E-state index is 0.225. The number of methoxy groups -OCH3 is 1. The molecule has 1 unspecified atom stereocenters. The number of nitriles is 1. The van der Waals surface area contributed by atoms with Gasteiger partial charge in [-0.3, -0.25) is 4.79 Å². The Morgan fingerprint density at radius 3 is 2.65 bits per heavy atom. The van der Waals surface area contributed by atoms with E-state index in [1.165, 1.54) is 7.11 Å². The van der Waals surface area contributed by atoms with Crippen molar-refractivity contribution in [3.63, 3.8) is 0 Å². The van der Waals surface area contributed by atoms with Crippen LogP contribution in [0.25, 0.3) is 0 Å². The summed E-state index contributed by atoms with van der Waals surface area (Å²) in [6.45, 7) is 6.26. The Morgan fingerprint density at radius 1 is 1.35 bits per heavy atom. The maximum Gasteiger partial charge on any atom is 0.256 e. The maximum absolute atomic E-state index is 12.7. The predicted molar refractivity (Wildman–Crippen MR) is 90.5 cm³/mol. The number of benzene rings is 1. The fraction of sp³-hybridized carbons (Fsp3) is 0.556. The van der Waals surface area contributed by atoms with Crippen molar-refractivity contribution in [3.8, 4) is 11.8 Å². The second-order valence-corrected chi connectivity index (χ2v) is 5.60. The molecule has 1 aromatic rings. The number of hydrogen-bond donors (Lipinski definition) is 1. The summed E-state index contributed by atoms with van der Waals surface area (Å²) in [5.41, 5.74) is -0.0545. The predicted octanol–water partition coefficient (Wildman–Crippen LogP) is 3.88. The number of carbonyl (C=O) groups is 1. The van der Waals surface area contributed by atoms with Crippen molar-refractivity contribution in [2.45, 2.75) is 52.1 Å². The molecule has 0 aliphatic rings. The highest BCUT2D eigenvalue weighted by Gasteiger charge is 2.33. The number of unbranched alkanes of at least 4 members (excludes halogenated alkanes) is 2. The molecule has 0 aliphatic heterocycles. The molecule has 23 heavy (non-hydrogen) atoms. The van der Waals surface area contributed by atoms with Gasteiger partial charge in [0.2, 0.25) is 0 Å². The van der Waals surface area contributed by atoms with Gasteiger partial charge in [0.05, 0.1) is 18.4 Å². The Hall–Kier alpha value is -2.06. The molecule has 0 saturated carbocycles. The van der Waals surface area contributed by atoms with Crippen LogP contribution in [0.2, 0.25) is 0 Å². The summed E-state index contributed by atoms with van der Waals surface area (Å²) < 4.78 is 10.8. The van der Waals surface area contributed by atoms with Gasteiger partial charge in [-0.15, -0.1) is 0 Å². The van der Waals surface area contributed by atoms with E-state index < -0.39 is 5.60 Å². The summed E-state index contributed by atoms with van der Waals surface area (Å²) in [5.74, 6) is 0.354. The normalized spacial score (nSPS) is 13.0. The Bertz CT molecular complexity index is 566. The average molecular weight is 318 g/mol. The molecule has 5 heteroatoms. The first kappa shape index (κ1) is 19.0. The van der Waals surface area contributed by atoms with Crippen molar-refractivity contribution in [1.82, 2.24) is 0 Å². The third-order valence-electron chi connectivity index (χ3n) is 3.80. The number of nitrogens with one attached hydrogen (secondary N) is 1. The van der Waals surface area contributed by atoms with Crippen LogP contribution in [-0.2, 0) is 9.53 Å². The summed E-state index contributed by atoms with van der Waals surface area (Å²) in [6.07, 6.45) is 3.72. The lowest BCUT2D eigenvalue weighted by molar-refractivity contribution is -0.139. The summed E-state index contributed by atoms with van der Waals surface area (Å²) in [7, 11) is 1.54. The fourth-order valence-corrected chi connectivity index (χ4v) is 2.39. The van der Waals surface area contributed by atoms with Crippen molar-refractivity contribution in [3.05, 3.63) is 23.8 Å². The lowest BCUT2D eigenvalue weighted by Crippen LogP contribution is -2.43. The maximum atomic E-state index is 12.7. The lowest BCUT2D eigenvalue weighted by Gasteiger charge is -2.28. The molecule has 1 aromatic carbocycles. The van der Waals surface area contributed by atoms with Crippen LogP contribution in [0.1, 0.15) is 52.0 Å². The average Bonchev–Trinajstić information content (AvgIpc) is 2.55. The second-order valence-electron chi connectivity index (χ2n) is 5.60. The van der Waals surface area contributed by atoms with Gasteiger partial charge in [0.1, 0.15) is 17.4 Å². The van der Waals surface area contributed by atoms with Gasteiger partial charge in [-0.25, -0.2) is 0 Å². The first-order valence-corrected chi connectivity index (χ1v) is 8.04. The van der Waals surface area contributed by atoms with E-state index in [4.69, 9.17) is 9.47 Å². The molecule has 0 spiro atoms. The van der Waals surface area contributed by atoms with Crippen LogP contribution in [0.5, 0.6) is 5.75 Å². The monoisotopic (exact) mass is 318 g/mol. The molecule has 0 aromatic heterocycles. The van der Waals surface area contributed by atoms with Gasteiger partial charge in [0, 0.05) is 6.61 Å². The Kier molecular flexibility index (Phi) is 7.56. The van der Waals surface area contributed by atoms with Crippen LogP contribution in [-0.4, -0.2) is 25.2 Å². The van der Waals surface area contributed by atoms with E-state index in [1.54, 1.807) is 25.1 Å². The van der Waals surface area contributed by atoms with E-state index in [2.05, 4.69) is 18.3 Å². The highest BCUT2D eigenvalue weighted by atomic mass is 16.5. The van der Waals surface area contributed by atoms with Crippen LogP contribution in [0, 0.1) is 11.3 Å². The minimum atomic E-state index is -0.892. The fourth-order valence-electron chi connectivity index (χ4n) is 2.39. The third kappa shape index (κ3) is 5.26. The van der Waals surface area contributed by atoms with Gasteiger partial charge < -0.3 is 14.8 Å². The van der Waals surface area contributed by atoms with Crippen LogP contribution in [0.4, 0.5) is 5.69 Å². The van der Waals surface area contributed by atoms with Gasteiger partial charge in [-0.2, -0.15) is 5.26 Å². The molecule has 0 heterocycles. The molecule has 0 saturated heterocycles. The van der Waals surface area contributed by atoms with E-state index in [-0.39, 0.29) is 5.91 Å². The third-order valence-corrected chi connectivity index (χ3v) is 3.80. The van der Waals surface area contributed by atoms with Crippen LogP contribution in [0.15, 0.2) is 18.2 Å². The van der Waals surface area contributed by atoms with E-state index in [1.807, 2.05) is 6.92 Å². The number of amides is 1. The SMILES string of the molecule is CCCCCC(C)(OCC)C(=O)Nc1ccc(OC)cc1C#N. The van der Waals surface area contributed by atoms with E-state index in [9.17, 15) is 10.1 Å². The van der Waals surface area contributed by atoms with Crippen LogP contribution < -0.4 is 10.1 Å². The highest BCUT2D eigenvalue weighted by Crippen LogP contribution is 2.25. The van der Waals surface area contributed by atoms with Crippen molar-refractivity contribution in [2.75, 3.05) is 19.0 Å². The Morgan fingerprint density at radius 2 is 2.09 bits per heavy atom. The molecule has 5 nitrogen and oxygen atoms in total. The van der Waals surface area contributed by atoms with Gasteiger partial charge in [0.15, 0.2) is 0 Å². The minimum Gasteiger partial charge on any atom is -0.497 e. The first-order valence-electron chi connectivity index (χ1n) is 8.04. The standard InChI is InChI=1S/C18H26N2O3/c1-5-7-8-11-18(3,23-6-2)17(21)20-16-10-9-15(22-4)12-14(16)13-19/h9-10,12H,5-8,11H2,1-4H3,(H,20,21). The molecule has 0 bridgehead atoms. The zero-order valence-electron chi connectivity index (χ0n) is 14.4. The largest absolute Gasteiger partial charge is 0.497 e. The zero-order chi connectivity index (χ0) is 17.3. The number of carbonyl (C=O) groups excluding carboxylic acids is 1. The number of hydrogen-bond acceptors (Lipinski definition) is 4. The van der Waals surface area contributed by atoms with Crippen LogP contribution >= 0.6 is 0 Å². The molecule has 1 atom stereocenters. The number of ether oxygens (including phenoxy) is 2. The Labute approximate surface area is 138 Å². The molecule has 1 rings (SSSR count). The molecule has 1 amide bonds. The van der Waals surface area contributed by atoms with E-state index >= 15 is 0 Å². The first-order chi connectivity index (χ1) is 11.0. The summed E-state index contributed by atoms with van der Waals surface area (Å²) in [5, 5.41) is 12.1. The zero-order valence-corrected chi connectivity index (χ0v) is 14.4. The van der Waals surface area contributed by atoms with Crippen molar-refractivity contribution in [1.29, 1.82) is 5.26 Å². The van der Waals surface area contributed by atoms with Gasteiger partial charge in [-0.05, 0) is 38.5 Å². The lowest BCUT2D eigenvalue weighted by atomic mass is 9.96. The van der Waals surface area contributed by atoms with E-state index in [0.717, 1.165) is 19.3 Å². The van der Waals surface area contributed by atoms with E-state index in [0.29, 0.717) is 30.0 Å². The smallest absolute Gasteiger partial charge is 0.256 e. The summed E-state index contributed by atoms with van der Waals surface area (Å²) in [4.78, 5) is 12.7. The molecule has 0 aliphatic carbocycles. The Balaban J connectivity index is 2.92. The summed E-state index contributed by atoms with van der Waals surface area (Å²) >= 11 is 0. The van der Waals surface area contributed by atoms with Crippen molar-refractivity contribution in [2.24, 2.45) is 0 Å². The highest BCUT2D eigenvalue weighted by molar-refractivity contribution is 5.98. The molecule has 126 valence electrons. The molecular formula is C18H26N2O3. The van der Waals surface area contributed by atoms with Gasteiger partial charge in [0.25, 0.3) is 5.91 Å². The number of anilines is 1. The summed E-state index contributed by atoms with van der Waals surface area (Å²) in [6, 6.07) is 7.07. The quantitative estimate of drug-likeness (QED) is 0.701. The molecule has 0 radical (unpaired) electrons. The van der Waals surface area contributed by atoms with Crippen molar-refractivity contribution < 1.29 is 14.3 Å². The molecule has 0 fully saturated rings. The van der Waals surface area contributed by atoms with Gasteiger partial charge in [-0.1, -0.05) is 26.2 Å².